The number of nitrogens with one attached hydrogen (secondary N) is 1. The number of rotatable bonds is 4. The topological polar surface area (TPSA) is 80.7 Å². The number of nitrogens with zero attached hydrogens (tertiary/aromatic N) is 4. The lowest BCUT2D eigenvalue weighted by Crippen LogP contribution is -2.15. The van der Waals surface area contributed by atoms with Crippen LogP contribution in [0.2, 0.25) is 0 Å². The third-order valence-corrected chi connectivity index (χ3v) is 4.03. The van der Waals surface area contributed by atoms with Gasteiger partial charge in [0.2, 0.25) is 5.91 Å². The quantitative estimate of drug-likeness (QED) is 0.779. The second-order valence-corrected chi connectivity index (χ2v) is 5.93. The van der Waals surface area contributed by atoms with Crippen LogP contribution in [0.3, 0.4) is 0 Å². The third-order valence-electron chi connectivity index (χ3n) is 4.03. The molecule has 0 atom stereocenters. The Balaban J connectivity index is 1.84. The third kappa shape index (κ3) is 3.13. The van der Waals surface area contributed by atoms with Crippen molar-refractivity contribution in [3.63, 3.8) is 0 Å². The van der Waals surface area contributed by atoms with E-state index < -0.39 is 11.6 Å². The van der Waals surface area contributed by atoms with E-state index in [1.165, 1.54) is 30.7 Å². The van der Waals surface area contributed by atoms with Crippen molar-refractivity contribution in [3.8, 4) is 22.5 Å². The summed E-state index contributed by atoms with van der Waals surface area (Å²) in [5.41, 5.74) is 0.517. The van der Waals surface area contributed by atoms with Crippen LogP contribution >= 0.6 is 0 Å². The Hall–Kier alpha value is -3.29. The second kappa shape index (κ2) is 6.55. The summed E-state index contributed by atoms with van der Waals surface area (Å²) in [5.74, 6) is -1.21. The molecule has 3 heterocycles. The summed E-state index contributed by atoms with van der Waals surface area (Å²) in [7, 11) is 0. The molecule has 8 heteroatoms. The summed E-state index contributed by atoms with van der Waals surface area (Å²) in [4.78, 5) is 27.9. The first-order valence-electron chi connectivity index (χ1n) is 8.01. The molecule has 0 aromatic carbocycles. The summed E-state index contributed by atoms with van der Waals surface area (Å²) in [5, 5.41) is 2.67. The number of anilines is 1. The van der Waals surface area contributed by atoms with E-state index in [1.54, 1.807) is 0 Å². The molecule has 130 valence electrons. The number of hydrogen-bond acceptors (Lipinski definition) is 5. The van der Waals surface area contributed by atoms with E-state index in [0.717, 1.165) is 25.2 Å². The van der Waals surface area contributed by atoms with E-state index in [9.17, 15) is 13.6 Å². The van der Waals surface area contributed by atoms with Crippen molar-refractivity contribution < 1.29 is 13.6 Å². The van der Waals surface area contributed by atoms with Crippen molar-refractivity contribution in [1.82, 2.24) is 19.9 Å². The molecule has 1 N–H and O–H groups in total. The minimum atomic E-state index is -0.622. The van der Waals surface area contributed by atoms with E-state index in [4.69, 9.17) is 0 Å². The molecule has 4 rings (SSSR count). The number of carbonyl (C=O) groups excluding carboxylic acids is 1. The van der Waals surface area contributed by atoms with E-state index in [1.807, 2.05) is 0 Å². The fourth-order valence-corrected chi connectivity index (χ4v) is 2.54. The maximum atomic E-state index is 14.3. The van der Waals surface area contributed by atoms with Gasteiger partial charge in [-0.2, -0.15) is 0 Å². The lowest BCUT2D eigenvalue weighted by Gasteiger charge is -2.12. The molecule has 0 unspecified atom stereocenters. The average molecular weight is 353 g/mol. The summed E-state index contributed by atoms with van der Waals surface area (Å²) < 4.78 is 28.5. The normalized spacial score (nSPS) is 13.5. The van der Waals surface area contributed by atoms with Crippen molar-refractivity contribution in [3.05, 3.63) is 54.8 Å². The van der Waals surface area contributed by atoms with Gasteiger partial charge in [-0.1, -0.05) is 0 Å². The zero-order valence-corrected chi connectivity index (χ0v) is 13.5. The van der Waals surface area contributed by atoms with Gasteiger partial charge in [-0.3, -0.25) is 14.8 Å². The Kier molecular flexibility index (Phi) is 4.08. The number of carbonyl (C=O) groups is 1. The molecule has 1 aliphatic rings. The van der Waals surface area contributed by atoms with E-state index in [-0.39, 0.29) is 40.2 Å². The molecule has 1 saturated carbocycles. The average Bonchev–Trinajstić information content (AvgIpc) is 3.48. The van der Waals surface area contributed by atoms with E-state index in [2.05, 4.69) is 25.3 Å². The Morgan fingerprint density at radius 3 is 2.15 bits per heavy atom. The molecule has 3 aromatic rings. The molecule has 0 saturated heterocycles. The van der Waals surface area contributed by atoms with Crippen molar-refractivity contribution >= 4 is 11.7 Å². The standard InChI is InChI=1S/C18H13F2N5O/c19-13-7-21-5-3-11(13)16-17(12-4-6-22-8-14(12)20)24-15(9-23-16)25-18(26)10-1-2-10/h3-10H,1-2H2,(H,24,25,26). The largest absolute Gasteiger partial charge is 0.309 e. The van der Waals surface area contributed by atoms with Gasteiger partial charge >= 0.3 is 0 Å². The van der Waals surface area contributed by atoms with Crippen LogP contribution in [-0.2, 0) is 4.79 Å². The first kappa shape index (κ1) is 16.2. The van der Waals surface area contributed by atoms with Gasteiger partial charge in [-0.25, -0.2) is 18.7 Å². The van der Waals surface area contributed by atoms with Crippen LogP contribution in [0.25, 0.3) is 22.5 Å². The SMILES string of the molecule is O=C(Nc1cnc(-c2ccncc2F)c(-c2ccncc2F)n1)C1CC1. The second-order valence-electron chi connectivity index (χ2n) is 5.93. The molecule has 3 aromatic heterocycles. The highest BCUT2D eigenvalue weighted by atomic mass is 19.1. The van der Waals surface area contributed by atoms with Gasteiger partial charge < -0.3 is 5.32 Å². The van der Waals surface area contributed by atoms with Crippen molar-refractivity contribution in [2.75, 3.05) is 5.32 Å². The molecule has 0 radical (unpaired) electrons. The number of halogens is 2. The lowest BCUT2D eigenvalue weighted by atomic mass is 10.1. The predicted molar refractivity (Wildman–Crippen MR) is 89.8 cm³/mol. The van der Waals surface area contributed by atoms with Gasteiger partial charge in [0, 0.05) is 29.4 Å². The summed E-state index contributed by atoms with van der Waals surface area (Å²) in [6.45, 7) is 0. The Bertz CT molecular complexity index is 991. The van der Waals surface area contributed by atoms with Crippen LogP contribution in [0.4, 0.5) is 14.6 Å². The smallest absolute Gasteiger partial charge is 0.228 e. The molecule has 0 bridgehead atoms. The van der Waals surface area contributed by atoms with Gasteiger partial charge in [-0.05, 0) is 25.0 Å². The summed E-state index contributed by atoms with van der Waals surface area (Å²) in [6.07, 6.45) is 7.92. The summed E-state index contributed by atoms with van der Waals surface area (Å²) >= 11 is 0. The molecule has 1 amide bonds. The van der Waals surface area contributed by atoms with Crippen LogP contribution < -0.4 is 5.32 Å². The molecule has 0 aliphatic heterocycles. The fourth-order valence-electron chi connectivity index (χ4n) is 2.54. The predicted octanol–water partition coefficient (Wildman–Crippen LogP) is 3.23. The highest BCUT2D eigenvalue weighted by molar-refractivity contribution is 5.93. The van der Waals surface area contributed by atoms with Gasteiger partial charge in [0.05, 0.1) is 24.3 Å². The number of amides is 1. The first-order valence-corrected chi connectivity index (χ1v) is 8.01. The van der Waals surface area contributed by atoms with Gasteiger partial charge in [-0.15, -0.1) is 0 Å². The zero-order valence-electron chi connectivity index (χ0n) is 13.5. The van der Waals surface area contributed by atoms with E-state index in [0.29, 0.717) is 0 Å². The molecule has 1 aliphatic carbocycles. The van der Waals surface area contributed by atoms with Crippen molar-refractivity contribution in [2.24, 2.45) is 5.92 Å². The highest BCUT2D eigenvalue weighted by Gasteiger charge is 2.30. The molecular weight excluding hydrogens is 340 g/mol. The van der Waals surface area contributed by atoms with Gasteiger partial charge in [0.25, 0.3) is 0 Å². The van der Waals surface area contributed by atoms with E-state index >= 15 is 0 Å². The Morgan fingerprint density at radius 2 is 1.58 bits per heavy atom. The Labute approximate surface area is 147 Å². The van der Waals surface area contributed by atoms with Crippen LogP contribution in [0, 0.1) is 17.6 Å². The Morgan fingerprint density at radius 1 is 0.962 bits per heavy atom. The van der Waals surface area contributed by atoms with Crippen molar-refractivity contribution in [1.29, 1.82) is 0 Å². The zero-order chi connectivity index (χ0) is 18.1. The highest BCUT2D eigenvalue weighted by Crippen LogP contribution is 2.33. The monoisotopic (exact) mass is 353 g/mol. The van der Waals surface area contributed by atoms with Crippen LogP contribution in [0.1, 0.15) is 12.8 Å². The number of hydrogen-bond donors (Lipinski definition) is 1. The number of pyridine rings is 2. The van der Waals surface area contributed by atoms with Gasteiger partial charge in [0.1, 0.15) is 5.69 Å². The molecular formula is C18H13F2N5O. The maximum Gasteiger partial charge on any atom is 0.228 e. The van der Waals surface area contributed by atoms with Crippen LogP contribution in [0.15, 0.2) is 43.1 Å². The first-order chi connectivity index (χ1) is 12.6. The van der Waals surface area contributed by atoms with Gasteiger partial charge in [0.15, 0.2) is 17.5 Å². The number of aromatic nitrogens is 4. The summed E-state index contributed by atoms with van der Waals surface area (Å²) in [6, 6.07) is 2.86. The van der Waals surface area contributed by atoms with Crippen LogP contribution in [-0.4, -0.2) is 25.8 Å². The molecule has 0 spiro atoms. The molecule has 6 nitrogen and oxygen atoms in total. The van der Waals surface area contributed by atoms with Crippen molar-refractivity contribution in [2.45, 2.75) is 12.8 Å². The molecule has 26 heavy (non-hydrogen) atoms. The lowest BCUT2D eigenvalue weighted by molar-refractivity contribution is -0.117. The maximum absolute atomic E-state index is 14.3. The minimum absolute atomic E-state index is 0.0183. The fraction of sp³-hybridized carbons (Fsp3) is 0.167. The van der Waals surface area contributed by atoms with Crippen LogP contribution in [0.5, 0.6) is 0 Å². The molecule has 1 fully saturated rings. The minimum Gasteiger partial charge on any atom is -0.309 e.